The van der Waals surface area contributed by atoms with Gasteiger partial charge in [-0.15, -0.1) is 0 Å². The molecule has 0 bridgehead atoms. The standard InChI is InChI=1S/C29H25N3O2/c1-20-13-14-22-15-16-25(29(33)28(22)31-20)27(32-26-12-5-6-17-30-26)23-10-7-11-24(18-23)34-19-21-8-3-2-4-9-21/h2-18,27,33H,19H2,1H3,(H,30,32). The number of hydrogen-bond acceptors (Lipinski definition) is 5. The number of ether oxygens (including phenoxy) is 1. The fourth-order valence-corrected chi connectivity index (χ4v) is 3.98. The first kappa shape index (κ1) is 21.5. The zero-order valence-electron chi connectivity index (χ0n) is 18.8. The number of phenolic OH excluding ortho intramolecular Hbond substituents is 1. The molecule has 5 aromatic rings. The summed E-state index contributed by atoms with van der Waals surface area (Å²) in [6.07, 6.45) is 1.74. The number of aromatic nitrogens is 2. The lowest BCUT2D eigenvalue weighted by Crippen LogP contribution is -2.14. The van der Waals surface area contributed by atoms with Crippen LogP contribution in [0, 0.1) is 6.92 Å². The van der Waals surface area contributed by atoms with Gasteiger partial charge in [0.05, 0.1) is 6.04 Å². The number of aromatic hydroxyl groups is 1. The van der Waals surface area contributed by atoms with Crippen LogP contribution in [0.1, 0.15) is 28.4 Å². The van der Waals surface area contributed by atoms with Crippen molar-refractivity contribution in [2.75, 3.05) is 5.32 Å². The van der Waals surface area contributed by atoms with Crippen LogP contribution in [0.15, 0.2) is 103 Å². The van der Waals surface area contributed by atoms with Crippen molar-refractivity contribution in [2.24, 2.45) is 0 Å². The number of fused-ring (bicyclic) bond motifs is 1. The van der Waals surface area contributed by atoms with Crippen LogP contribution in [0.3, 0.4) is 0 Å². The van der Waals surface area contributed by atoms with Crippen LogP contribution in [0.4, 0.5) is 5.82 Å². The monoisotopic (exact) mass is 447 g/mol. The molecule has 5 nitrogen and oxygen atoms in total. The second kappa shape index (κ2) is 9.63. The van der Waals surface area contributed by atoms with E-state index < -0.39 is 0 Å². The van der Waals surface area contributed by atoms with Crippen molar-refractivity contribution in [2.45, 2.75) is 19.6 Å². The van der Waals surface area contributed by atoms with E-state index >= 15 is 0 Å². The lowest BCUT2D eigenvalue weighted by Gasteiger charge is -2.22. The molecule has 5 heteroatoms. The van der Waals surface area contributed by atoms with Crippen molar-refractivity contribution in [3.05, 3.63) is 126 Å². The van der Waals surface area contributed by atoms with Gasteiger partial charge in [-0.05, 0) is 48.4 Å². The highest BCUT2D eigenvalue weighted by Crippen LogP contribution is 2.37. The van der Waals surface area contributed by atoms with Gasteiger partial charge in [-0.2, -0.15) is 0 Å². The van der Waals surface area contributed by atoms with Crippen LogP contribution in [-0.2, 0) is 6.61 Å². The summed E-state index contributed by atoms with van der Waals surface area (Å²) in [5, 5.41) is 15.6. The summed E-state index contributed by atoms with van der Waals surface area (Å²) < 4.78 is 6.07. The van der Waals surface area contributed by atoms with E-state index in [0.29, 0.717) is 17.9 Å². The van der Waals surface area contributed by atoms with Gasteiger partial charge >= 0.3 is 0 Å². The van der Waals surface area contributed by atoms with Crippen LogP contribution in [-0.4, -0.2) is 15.1 Å². The predicted octanol–water partition coefficient (Wildman–Crippen LogP) is 6.42. The molecule has 0 aliphatic carbocycles. The number of phenols is 1. The van der Waals surface area contributed by atoms with Gasteiger partial charge in [-0.1, -0.05) is 66.7 Å². The number of hydrogen-bond donors (Lipinski definition) is 2. The first-order valence-corrected chi connectivity index (χ1v) is 11.2. The third-order valence-electron chi connectivity index (χ3n) is 5.71. The molecule has 0 aliphatic heterocycles. The van der Waals surface area contributed by atoms with Gasteiger partial charge in [-0.25, -0.2) is 9.97 Å². The highest BCUT2D eigenvalue weighted by molar-refractivity contribution is 5.86. The average molecular weight is 448 g/mol. The quantitative estimate of drug-likeness (QED) is 0.301. The van der Waals surface area contributed by atoms with Crippen LogP contribution in [0.25, 0.3) is 10.9 Å². The van der Waals surface area contributed by atoms with E-state index in [1.54, 1.807) is 6.20 Å². The molecule has 1 atom stereocenters. The normalized spacial score (nSPS) is 11.8. The van der Waals surface area contributed by atoms with Crippen molar-refractivity contribution >= 4 is 16.7 Å². The molecule has 0 saturated heterocycles. The summed E-state index contributed by atoms with van der Waals surface area (Å²) in [4.78, 5) is 9.02. The molecule has 0 fully saturated rings. The van der Waals surface area contributed by atoms with Gasteiger partial charge in [0.15, 0.2) is 0 Å². The number of anilines is 1. The molecule has 0 amide bonds. The van der Waals surface area contributed by atoms with Crippen LogP contribution in [0.5, 0.6) is 11.5 Å². The Hall–Kier alpha value is -4.38. The molecule has 3 aromatic carbocycles. The Balaban J connectivity index is 1.53. The molecule has 2 heterocycles. The maximum Gasteiger partial charge on any atom is 0.147 e. The molecule has 168 valence electrons. The van der Waals surface area contributed by atoms with Gasteiger partial charge < -0.3 is 15.2 Å². The van der Waals surface area contributed by atoms with Crippen molar-refractivity contribution in [1.82, 2.24) is 9.97 Å². The molecule has 1 unspecified atom stereocenters. The second-order valence-electron chi connectivity index (χ2n) is 8.17. The Bertz CT molecular complexity index is 1410. The van der Waals surface area contributed by atoms with Gasteiger partial charge in [0.2, 0.25) is 0 Å². The molecule has 0 aliphatic rings. The summed E-state index contributed by atoms with van der Waals surface area (Å²) >= 11 is 0. The molecule has 2 N–H and O–H groups in total. The Morgan fingerprint density at radius 3 is 2.53 bits per heavy atom. The maximum atomic E-state index is 11.3. The van der Waals surface area contributed by atoms with Crippen molar-refractivity contribution in [3.63, 3.8) is 0 Å². The lowest BCUT2D eigenvalue weighted by molar-refractivity contribution is 0.306. The third-order valence-corrected chi connectivity index (χ3v) is 5.71. The smallest absolute Gasteiger partial charge is 0.147 e. The van der Waals surface area contributed by atoms with Gasteiger partial charge in [0, 0.05) is 22.8 Å². The zero-order valence-corrected chi connectivity index (χ0v) is 18.8. The van der Waals surface area contributed by atoms with E-state index in [9.17, 15) is 5.11 Å². The number of nitrogens with one attached hydrogen (secondary N) is 1. The molecule has 5 rings (SSSR count). The topological polar surface area (TPSA) is 67.3 Å². The van der Waals surface area contributed by atoms with E-state index in [-0.39, 0.29) is 11.8 Å². The first-order valence-electron chi connectivity index (χ1n) is 11.2. The zero-order chi connectivity index (χ0) is 23.3. The van der Waals surface area contributed by atoms with E-state index in [1.807, 2.05) is 104 Å². The number of rotatable bonds is 7. The molecular formula is C29H25N3O2. The molecule has 0 spiro atoms. The van der Waals surface area contributed by atoms with Crippen molar-refractivity contribution in [3.8, 4) is 11.5 Å². The van der Waals surface area contributed by atoms with Gasteiger partial charge in [0.1, 0.15) is 29.4 Å². The van der Waals surface area contributed by atoms with Crippen LogP contribution >= 0.6 is 0 Å². The Morgan fingerprint density at radius 1 is 0.882 bits per heavy atom. The molecule has 34 heavy (non-hydrogen) atoms. The number of pyridine rings is 2. The molecular weight excluding hydrogens is 422 g/mol. The Morgan fingerprint density at radius 2 is 1.71 bits per heavy atom. The Kier molecular flexibility index (Phi) is 6.08. The summed E-state index contributed by atoms with van der Waals surface area (Å²) in [6.45, 7) is 2.40. The highest BCUT2D eigenvalue weighted by atomic mass is 16.5. The minimum atomic E-state index is -0.359. The van der Waals surface area contributed by atoms with Crippen LogP contribution < -0.4 is 10.1 Å². The summed E-state index contributed by atoms with van der Waals surface area (Å²) in [7, 11) is 0. The maximum absolute atomic E-state index is 11.3. The highest BCUT2D eigenvalue weighted by Gasteiger charge is 2.21. The predicted molar refractivity (Wildman–Crippen MR) is 135 cm³/mol. The third kappa shape index (κ3) is 4.69. The summed E-state index contributed by atoms with van der Waals surface area (Å²) in [5.41, 5.74) is 4.20. The fourth-order valence-electron chi connectivity index (χ4n) is 3.98. The fraction of sp³-hybridized carbons (Fsp3) is 0.103. The largest absolute Gasteiger partial charge is 0.505 e. The number of nitrogens with zero attached hydrogens (tertiary/aromatic N) is 2. The van der Waals surface area contributed by atoms with Crippen molar-refractivity contribution < 1.29 is 9.84 Å². The van der Waals surface area contributed by atoms with E-state index in [1.165, 1.54) is 0 Å². The van der Waals surface area contributed by atoms with E-state index in [4.69, 9.17) is 4.74 Å². The lowest BCUT2D eigenvalue weighted by atomic mass is 9.96. The minimum absolute atomic E-state index is 0.158. The van der Waals surface area contributed by atoms with E-state index in [2.05, 4.69) is 15.3 Å². The molecule has 0 radical (unpaired) electrons. The van der Waals surface area contributed by atoms with Gasteiger partial charge in [-0.3, -0.25) is 0 Å². The average Bonchev–Trinajstić information content (AvgIpc) is 2.88. The Labute approximate surface area is 198 Å². The van der Waals surface area contributed by atoms with Gasteiger partial charge in [0.25, 0.3) is 0 Å². The van der Waals surface area contributed by atoms with E-state index in [0.717, 1.165) is 33.5 Å². The summed E-state index contributed by atoms with van der Waals surface area (Å²) in [6, 6.07) is 31.2. The molecule has 2 aromatic heterocycles. The SMILES string of the molecule is Cc1ccc2ccc(C(Nc3ccccn3)c3cccc(OCc4ccccc4)c3)c(O)c2n1. The molecule has 0 saturated carbocycles. The summed E-state index contributed by atoms with van der Waals surface area (Å²) in [5.74, 6) is 1.62. The number of benzene rings is 3. The second-order valence-corrected chi connectivity index (χ2v) is 8.17. The first-order chi connectivity index (χ1) is 16.7. The van der Waals surface area contributed by atoms with Crippen molar-refractivity contribution in [1.29, 1.82) is 0 Å². The van der Waals surface area contributed by atoms with Crippen LogP contribution in [0.2, 0.25) is 0 Å². The minimum Gasteiger partial charge on any atom is -0.505 e. The number of aryl methyl sites for hydroxylation is 1.